The van der Waals surface area contributed by atoms with Crippen molar-refractivity contribution in [3.63, 3.8) is 0 Å². The maximum Gasteiger partial charge on any atom is 0.253 e. The minimum atomic E-state index is -0.355. The minimum Gasteiger partial charge on any atom is -0.497 e. The molecule has 1 heterocycles. The van der Waals surface area contributed by atoms with Crippen molar-refractivity contribution >= 4 is 5.91 Å². The highest BCUT2D eigenvalue weighted by molar-refractivity contribution is 5.95. The molecule has 29 heavy (non-hydrogen) atoms. The van der Waals surface area contributed by atoms with Crippen LogP contribution in [-0.2, 0) is 6.54 Å². The molecule has 0 unspecified atom stereocenters. The normalized spacial score (nSPS) is 10.4. The molecule has 0 atom stereocenters. The van der Waals surface area contributed by atoms with Crippen molar-refractivity contribution < 1.29 is 18.7 Å². The maximum absolute atomic E-state index is 13.0. The number of carbonyl (C=O) groups excluding carboxylic acids is 1. The van der Waals surface area contributed by atoms with E-state index >= 15 is 0 Å². The highest BCUT2D eigenvalue weighted by Gasteiger charge is 2.10. The summed E-state index contributed by atoms with van der Waals surface area (Å²) < 4.78 is 24.7. The summed E-state index contributed by atoms with van der Waals surface area (Å²) >= 11 is 0. The number of rotatable bonds is 7. The van der Waals surface area contributed by atoms with Gasteiger partial charge in [0.15, 0.2) is 0 Å². The Morgan fingerprint density at radius 2 is 1.72 bits per heavy atom. The number of methoxy groups -OCH3 is 2. The topological polar surface area (TPSA) is 82.4 Å². The first-order valence-corrected chi connectivity index (χ1v) is 8.84. The van der Waals surface area contributed by atoms with Crippen molar-refractivity contribution in [2.24, 2.45) is 0 Å². The Kier molecular flexibility index (Phi) is 6.23. The van der Waals surface area contributed by atoms with Gasteiger partial charge in [0, 0.05) is 36.3 Å². The molecule has 0 saturated heterocycles. The van der Waals surface area contributed by atoms with Crippen LogP contribution in [0.3, 0.4) is 0 Å². The van der Waals surface area contributed by atoms with Gasteiger partial charge in [-0.15, -0.1) is 0 Å². The van der Waals surface area contributed by atoms with Crippen LogP contribution in [0.4, 0.5) is 4.39 Å². The third kappa shape index (κ3) is 4.98. The Balaban J connectivity index is 1.64. The number of amides is 1. The lowest BCUT2D eigenvalue weighted by Gasteiger charge is -2.10. The molecule has 0 saturated carbocycles. The molecule has 2 aromatic carbocycles. The van der Waals surface area contributed by atoms with Gasteiger partial charge in [0.05, 0.1) is 26.2 Å². The summed E-state index contributed by atoms with van der Waals surface area (Å²) in [7, 11) is 3.01. The van der Waals surface area contributed by atoms with E-state index < -0.39 is 0 Å². The number of ether oxygens (including phenoxy) is 2. The number of hydrogen-bond acceptors (Lipinski definition) is 5. The first kappa shape index (κ1) is 20.1. The van der Waals surface area contributed by atoms with Crippen LogP contribution in [0.25, 0.3) is 11.3 Å². The van der Waals surface area contributed by atoms with Crippen molar-refractivity contribution in [2.75, 3.05) is 20.8 Å². The molecule has 3 aromatic rings. The minimum absolute atomic E-state index is 0.232. The predicted octanol–water partition coefficient (Wildman–Crippen LogP) is 2.50. The van der Waals surface area contributed by atoms with E-state index in [1.165, 1.54) is 43.3 Å². The Morgan fingerprint density at radius 3 is 2.31 bits per heavy atom. The number of halogens is 1. The summed E-state index contributed by atoms with van der Waals surface area (Å²) in [6.07, 6.45) is 1.40. The highest BCUT2D eigenvalue weighted by atomic mass is 19.1. The molecule has 0 aliphatic heterocycles. The molecular weight excluding hydrogens is 377 g/mol. The molecule has 0 radical (unpaired) electrons. The molecule has 1 N–H and O–H groups in total. The van der Waals surface area contributed by atoms with Gasteiger partial charge in [0.25, 0.3) is 11.5 Å². The van der Waals surface area contributed by atoms with E-state index in [1.54, 1.807) is 30.3 Å². The Bertz CT molecular complexity index is 1040. The van der Waals surface area contributed by atoms with Gasteiger partial charge in [-0.05, 0) is 36.4 Å². The van der Waals surface area contributed by atoms with Crippen molar-refractivity contribution in [1.29, 1.82) is 0 Å². The summed E-state index contributed by atoms with van der Waals surface area (Å²) in [6.45, 7) is 0.484. The van der Waals surface area contributed by atoms with Crippen LogP contribution in [0, 0.1) is 5.82 Å². The molecule has 3 rings (SSSR count). The number of carbonyl (C=O) groups is 1. The molecule has 8 heteroatoms. The van der Waals surface area contributed by atoms with Gasteiger partial charge in [-0.25, -0.2) is 9.37 Å². The van der Waals surface area contributed by atoms with Crippen LogP contribution in [0.5, 0.6) is 11.5 Å². The van der Waals surface area contributed by atoms with Crippen LogP contribution in [0.1, 0.15) is 10.4 Å². The van der Waals surface area contributed by atoms with Crippen LogP contribution in [0.2, 0.25) is 0 Å². The zero-order valence-electron chi connectivity index (χ0n) is 16.0. The summed E-state index contributed by atoms with van der Waals surface area (Å²) in [5.41, 5.74) is 1.23. The SMILES string of the molecule is COc1cc(OC)cc(C(=O)NCCn2cnc(-c3ccc(F)cc3)cc2=O)c1. The first-order valence-electron chi connectivity index (χ1n) is 8.84. The van der Waals surface area contributed by atoms with Gasteiger partial charge >= 0.3 is 0 Å². The van der Waals surface area contributed by atoms with Crippen molar-refractivity contribution in [2.45, 2.75) is 6.54 Å². The van der Waals surface area contributed by atoms with Crippen molar-refractivity contribution in [3.8, 4) is 22.8 Å². The molecular formula is C21H20FN3O4. The van der Waals surface area contributed by atoms with Gasteiger partial charge in [-0.3, -0.25) is 14.2 Å². The molecule has 1 amide bonds. The molecule has 0 fully saturated rings. The second-order valence-corrected chi connectivity index (χ2v) is 6.17. The average Bonchev–Trinajstić information content (AvgIpc) is 2.74. The average molecular weight is 397 g/mol. The molecule has 0 spiro atoms. The van der Waals surface area contributed by atoms with E-state index in [2.05, 4.69) is 10.3 Å². The van der Waals surface area contributed by atoms with E-state index in [0.29, 0.717) is 28.3 Å². The Hall–Kier alpha value is -3.68. The zero-order valence-corrected chi connectivity index (χ0v) is 16.0. The fourth-order valence-electron chi connectivity index (χ4n) is 2.70. The number of hydrogen-bond donors (Lipinski definition) is 1. The van der Waals surface area contributed by atoms with Crippen LogP contribution >= 0.6 is 0 Å². The van der Waals surface area contributed by atoms with Gasteiger partial charge in [0.1, 0.15) is 17.3 Å². The third-order valence-corrected chi connectivity index (χ3v) is 4.27. The van der Waals surface area contributed by atoms with Crippen molar-refractivity contribution in [1.82, 2.24) is 14.9 Å². The van der Waals surface area contributed by atoms with Gasteiger partial charge < -0.3 is 14.8 Å². The number of nitrogens with one attached hydrogen (secondary N) is 1. The predicted molar refractivity (Wildman–Crippen MR) is 106 cm³/mol. The zero-order chi connectivity index (χ0) is 20.8. The van der Waals surface area contributed by atoms with E-state index in [0.717, 1.165) is 0 Å². The maximum atomic E-state index is 13.0. The third-order valence-electron chi connectivity index (χ3n) is 4.27. The van der Waals surface area contributed by atoms with Gasteiger partial charge in [0.2, 0.25) is 0 Å². The first-order chi connectivity index (χ1) is 14.0. The van der Waals surface area contributed by atoms with E-state index in [1.807, 2.05) is 0 Å². The summed E-state index contributed by atoms with van der Waals surface area (Å²) in [4.78, 5) is 28.9. The summed E-state index contributed by atoms with van der Waals surface area (Å²) in [5, 5.41) is 2.75. The summed E-state index contributed by atoms with van der Waals surface area (Å²) in [6, 6.07) is 12.0. The number of aromatic nitrogens is 2. The fourth-order valence-corrected chi connectivity index (χ4v) is 2.70. The van der Waals surface area contributed by atoms with Crippen molar-refractivity contribution in [3.05, 3.63) is 76.6 Å². The molecule has 0 aliphatic rings. The molecule has 150 valence electrons. The monoisotopic (exact) mass is 397 g/mol. The molecule has 7 nitrogen and oxygen atoms in total. The van der Waals surface area contributed by atoms with E-state index in [9.17, 15) is 14.0 Å². The highest BCUT2D eigenvalue weighted by Crippen LogP contribution is 2.22. The molecule has 0 bridgehead atoms. The fraction of sp³-hybridized carbons (Fsp3) is 0.190. The van der Waals surface area contributed by atoms with Crippen LogP contribution in [0.15, 0.2) is 59.7 Å². The van der Waals surface area contributed by atoms with E-state index in [-0.39, 0.29) is 30.4 Å². The van der Waals surface area contributed by atoms with Crippen LogP contribution in [-0.4, -0.2) is 36.2 Å². The summed E-state index contributed by atoms with van der Waals surface area (Å²) in [5.74, 6) is 0.343. The lowest BCUT2D eigenvalue weighted by atomic mass is 10.1. The Morgan fingerprint density at radius 1 is 1.07 bits per heavy atom. The Labute approximate surface area is 166 Å². The second-order valence-electron chi connectivity index (χ2n) is 6.17. The van der Waals surface area contributed by atoms with E-state index in [4.69, 9.17) is 9.47 Å². The molecule has 1 aromatic heterocycles. The lowest BCUT2D eigenvalue weighted by molar-refractivity contribution is 0.0951. The largest absolute Gasteiger partial charge is 0.497 e. The standard InChI is InChI=1S/C21H20FN3O4/c1-28-17-9-15(10-18(11-17)29-2)21(27)23-7-8-25-13-24-19(12-20(25)26)14-3-5-16(22)6-4-14/h3-6,9-13H,7-8H2,1-2H3,(H,23,27). The van der Waals surface area contributed by atoms with Gasteiger partial charge in [-0.1, -0.05) is 0 Å². The number of benzene rings is 2. The smallest absolute Gasteiger partial charge is 0.253 e. The number of nitrogens with zero attached hydrogens (tertiary/aromatic N) is 2. The molecule has 0 aliphatic carbocycles. The van der Waals surface area contributed by atoms with Crippen LogP contribution < -0.4 is 20.3 Å². The second kappa shape index (κ2) is 9.01. The van der Waals surface area contributed by atoms with Gasteiger partial charge in [-0.2, -0.15) is 0 Å². The lowest BCUT2D eigenvalue weighted by Crippen LogP contribution is -2.30. The quantitative estimate of drug-likeness (QED) is 0.662.